The predicted molar refractivity (Wildman–Crippen MR) is 82.5 cm³/mol. The zero-order chi connectivity index (χ0) is 36.6. The zero-order valence-electron chi connectivity index (χ0n) is 19.4. The highest BCUT2D eigenvalue weighted by Gasteiger charge is 2.98. The third-order valence-corrected chi connectivity index (χ3v) is 4.65. The third-order valence-electron chi connectivity index (χ3n) is 4.65. The Morgan fingerprint density at radius 1 is 0.409 bits per heavy atom. The second kappa shape index (κ2) is 10.5. The fourth-order valence-electron chi connectivity index (χ4n) is 2.09. The largest absolute Gasteiger partial charge is 0.496 e. The molecule has 262 valence electrons. The number of carbonyl (C=O) groups excluding carboxylic acids is 1. The van der Waals surface area contributed by atoms with Crippen molar-refractivity contribution in [3.8, 4) is 0 Å². The monoisotopic (exact) mass is 720 g/mol. The van der Waals surface area contributed by atoms with Gasteiger partial charge in [0.05, 0.1) is 0 Å². The lowest BCUT2D eigenvalue weighted by Crippen LogP contribution is -2.77. The van der Waals surface area contributed by atoms with Crippen LogP contribution in [-0.4, -0.2) is 77.9 Å². The lowest BCUT2D eigenvalue weighted by molar-refractivity contribution is -0.526. The van der Waals surface area contributed by atoms with Crippen LogP contribution in [0.1, 0.15) is 6.92 Å². The van der Waals surface area contributed by atoms with E-state index >= 15 is 0 Å². The topological polar surface area (TPSA) is 35.5 Å². The smallest absolute Gasteiger partial charge is 0.391 e. The molecule has 0 amide bonds. The number of rotatable bonds is 13. The highest BCUT2D eigenvalue weighted by atomic mass is 19.4. The molecule has 0 aliphatic heterocycles. The van der Waals surface area contributed by atoms with Gasteiger partial charge < -0.3 is 4.74 Å². The van der Waals surface area contributed by atoms with Crippen LogP contribution >= 0.6 is 0 Å². The molecule has 0 aliphatic rings. The van der Waals surface area contributed by atoms with E-state index in [9.17, 15) is 115 Å². The van der Waals surface area contributed by atoms with Gasteiger partial charge in [-0.1, -0.05) is 6.58 Å². The van der Waals surface area contributed by atoms with Crippen molar-refractivity contribution in [1.82, 2.24) is 0 Å². The Hall–Kier alpha value is -2.58. The summed E-state index contributed by atoms with van der Waals surface area (Å²) in [6.07, 6.45) is -31.4. The van der Waals surface area contributed by atoms with Gasteiger partial charge in [0, 0.05) is 5.57 Å². The Morgan fingerprint density at radius 3 is 0.909 bits per heavy atom. The number of hydrogen-bond donors (Lipinski definition) is 0. The Bertz CT molecular complexity index is 1100. The van der Waals surface area contributed by atoms with Gasteiger partial charge in [-0.15, -0.1) is 0 Å². The van der Waals surface area contributed by atoms with E-state index in [-0.39, 0.29) is 0 Å². The van der Waals surface area contributed by atoms with E-state index in [0.717, 1.165) is 0 Å². The summed E-state index contributed by atoms with van der Waals surface area (Å²) in [6.45, 7) is 2.74. The molecule has 0 atom stereocenters. The minimum Gasteiger partial charge on any atom is -0.391 e. The molecule has 0 spiro atoms. The van der Waals surface area contributed by atoms with Crippen LogP contribution < -0.4 is 0 Å². The molecule has 0 aromatic carbocycles. The minimum absolute atomic E-state index is 0.322. The summed E-state index contributed by atoms with van der Waals surface area (Å²) in [5.74, 6) is -77.1. The van der Waals surface area contributed by atoms with E-state index < -0.39 is 83.4 Å². The van der Waals surface area contributed by atoms with Gasteiger partial charge in [-0.05, 0) is 6.92 Å². The molecule has 0 bridgehead atoms. The molecule has 0 rings (SSSR count). The summed E-state index contributed by atoms with van der Waals surface area (Å²) in [4.78, 5) is 10.8. The van der Waals surface area contributed by atoms with Gasteiger partial charge in [-0.2, -0.15) is 110 Å². The Morgan fingerprint density at radius 2 is 0.659 bits per heavy atom. The van der Waals surface area contributed by atoms with Gasteiger partial charge in [0.2, 0.25) is 0 Å². The molecule has 0 aromatic rings. The van der Waals surface area contributed by atoms with Gasteiger partial charge in [-0.25, -0.2) is 9.53 Å². The molecule has 0 radical (unpaired) electrons. The predicted octanol–water partition coefficient (Wildman–Crippen LogP) is 8.55. The molecule has 3 nitrogen and oxygen atoms in total. The molecule has 44 heavy (non-hydrogen) atoms. The number of carbonyl (C=O) groups is 1. The van der Waals surface area contributed by atoms with Crippen LogP contribution in [0.15, 0.2) is 12.2 Å². The first kappa shape index (κ1) is 41.4. The van der Waals surface area contributed by atoms with Crippen LogP contribution in [0.5, 0.6) is 0 Å². The number of ether oxygens (including phenoxy) is 2. The maximum atomic E-state index is 13.6. The Kier molecular flexibility index (Phi) is 9.86. The van der Waals surface area contributed by atoms with Crippen molar-refractivity contribution in [2.75, 3.05) is 0 Å². The quantitative estimate of drug-likeness (QED) is 0.109. The fourth-order valence-corrected chi connectivity index (χ4v) is 2.09. The van der Waals surface area contributed by atoms with Gasteiger partial charge in [0.1, 0.15) is 0 Å². The second-order valence-corrected chi connectivity index (χ2v) is 7.92. The van der Waals surface area contributed by atoms with E-state index in [4.69, 9.17) is 0 Å². The summed E-state index contributed by atoms with van der Waals surface area (Å²) >= 11 is 0. The second-order valence-electron chi connectivity index (χ2n) is 7.92. The highest BCUT2D eigenvalue weighted by Crippen LogP contribution is 2.66. The van der Waals surface area contributed by atoms with Crippen molar-refractivity contribution in [2.45, 2.75) is 78.8 Å². The standard InChI is InChI=1S/C16H5F25O3/c1-3(2)4(42)43-15(38,39)16(40,41)44-14(36,37)12(31,32)10(27,28)8(23,24)6(19,20)5(17,18)7(21,22)9(25,26)11(29,30)13(33,34)35/h1H2,2H3. The lowest BCUT2D eigenvalue weighted by Gasteiger charge is -2.44. The summed E-state index contributed by atoms with van der Waals surface area (Å²) in [7, 11) is 0. The Labute approximate surface area is 222 Å². The zero-order valence-corrected chi connectivity index (χ0v) is 19.4. The normalized spacial score (nSPS) is 16.2. The molecule has 0 saturated carbocycles. The van der Waals surface area contributed by atoms with E-state index in [1.54, 1.807) is 0 Å². The molecule has 0 fully saturated rings. The highest BCUT2D eigenvalue weighted by molar-refractivity contribution is 5.87. The summed E-state index contributed by atoms with van der Waals surface area (Å²) in [5.41, 5.74) is -1.36. The van der Waals surface area contributed by atoms with E-state index in [1.807, 2.05) is 0 Å². The van der Waals surface area contributed by atoms with Crippen LogP contribution in [0.2, 0.25) is 0 Å². The van der Waals surface area contributed by atoms with Gasteiger partial charge >= 0.3 is 77.9 Å². The maximum Gasteiger partial charge on any atom is 0.496 e. The first-order valence-corrected chi connectivity index (χ1v) is 9.35. The molecule has 0 heterocycles. The molecule has 0 aromatic heterocycles. The number of hydrogen-bond acceptors (Lipinski definition) is 3. The van der Waals surface area contributed by atoms with Gasteiger partial charge in [0.15, 0.2) is 0 Å². The summed E-state index contributed by atoms with van der Waals surface area (Å²) < 4.78 is 334. The lowest BCUT2D eigenvalue weighted by atomic mass is 9.87. The van der Waals surface area contributed by atoms with E-state index in [0.29, 0.717) is 6.92 Å². The first-order chi connectivity index (χ1) is 18.5. The SMILES string of the molecule is C=C(C)C(=O)OC(F)(F)C(F)(F)OC(F)(F)C(F)(F)C(F)(F)C(F)(F)C(F)(F)C(F)(F)C(F)(F)C(F)(F)C(F)(F)C(F)(F)F. The first-order valence-electron chi connectivity index (χ1n) is 9.35. The Balaban J connectivity index is 7.08. The van der Waals surface area contributed by atoms with Crippen LogP contribution in [-0.2, 0) is 14.3 Å². The number of alkyl halides is 25. The van der Waals surface area contributed by atoms with Crippen molar-refractivity contribution in [3.05, 3.63) is 12.2 Å². The molecular formula is C16H5F25O3. The van der Waals surface area contributed by atoms with Gasteiger partial charge in [-0.3, -0.25) is 0 Å². The minimum atomic E-state index is -9.60. The molecule has 28 heteroatoms. The van der Waals surface area contributed by atoms with Crippen LogP contribution in [0.3, 0.4) is 0 Å². The van der Waals surface area contributed by atoms with Crippen molar-refractivity contribution in [3.63, 3.8) is 0 Å². The molecular weight excluding hydrogens is 715 g/mol. The summed E-state index contributed by atoms with van der Waals surface area (Å²) in [5, 5.41) is 0. The van der Waals surface area contributed by atoms with Crippen molar-refractivity contribution in [1.29, 1.82) is 0 Å². The van der Waals surface area contributed by atoms with Crippen molar-refractivity contribution >= 4 is 5.97 Å². The molecule has 0 N–H and O–H groups in total. The fraction of sp³-hybridized carbons (Fsp3) is 0.812. The maximum absolute atomic E-state index is 13.6. The summed E-state index contributed by atoms with van der Waals surface area (Å²) in [6, 6.07) is 0. The number of halogens is 25. The third kappa shape index (κ3) is 5.55. The average molecular weight is 720 g/mol. The molecule has 0 aliphatic carbocycles. The van der Waals surface area contributed by atoms with E-state index in [2.05, 4.69) is 11.3 Å². The van der Waals surface area contributed by atoms with Crippen molar-refractivity contribution in [2.24, 2.45) is 0 Å². The molecule has 0 saturated heterocycles. The van der Waals surface area contributed by atoms with Crippen LogP contribution in [0, 0.1) is 0 Å². The number of esters is 1. The van der Waals surface area contributed by atoms with Crippen LogP contribution in [0.25, 0.3) is 0 Å². The van der Waals surface area contributed by atoms with E-state index in [1.165, 1.54) is 4.74 Å². The van der Waals surface area contributed by atoms with Crippen molar-refractivity contribution < 1.29 is 124 Å². The van der Waals surface area contributed by atoms with Gasteiger partial charge in [0.25, 0.3) is 0 Å². The molecule has 0 unspecified atom stereocenters. The van der Waals surface area contributed by atoms with Crippen LogP contribution in [0.4, 0.5) is 110 Å². The average Bonchev–Trinajstić information content (AvgIpc) is 2.75.